The number of benzene rings is 2. The van der Waals surface area contributed by atoms with Gasteiger partial charge in [0.15, 0.2) is 0 Å². The summed E-state index contributed by atoms with van der Waals surface area (Å²) in [6.07, 6.45) is -2.73. The summed E-state index contributed by atoms with van der Waals surface area (Å²) in [4.78, 5) is 11.1. The second kappa shape index (κ2) is 5.79. The second-order valence-corrected chi connectivity index (χ2v) is 4.90. The Bertz CT molecular complexity index is 744. The van der Waals surface area contributed by atoms with Gasteiger partial charge in [-0.05, 0) is 29.3 Å². The molecule has 0 N–H and O–H groups in total. The first kappa shape index (κ1) is 15.1. The maximum atomic E-state index is 12.1. The van der Waals surface area contributed by atoms with Gasteiger partial charge in [0.05, 0.1) is 6.42 Å². The van der Waals surface area contributed by atoms with E-state index in [2.05, 4.69) is 4.74 Å². The number of rotatable bonds is 3. The summed E-state index contributed by atoms with van der Waals surface area (Å²) in [7, 11) is 0. The number of halogens is 3. The van der Waals surface area contributed by atoms with Crippen LogP contribution in [0.5, 0.6) is 5.75 Å². The Balaban J connectivity index is 1.76. The van der Waals surface area contributed by atoms with Crippen LogP contribution >= 0.6 is 0 Å². The lowest BCUT2D eigenvalue weighted by atomic mass is 10.0. The third-order valence-corrected chi connectivity index (χ3v) is 3.27. The quantitative estimate of drug-likeness (QED) is 0.779. The van der Waals surface area contributed by atoms with Gasteiger partial charge in [0.1, 0.15) is 11.5 Å². The van der Waals surface area contributed by atoms with E-state index in [4.69, 9.17) is 4.74 Å². The molecule has 0 amide bonds. The highest BCUT2D eigenvalue weighted by molar-refractivity contribution is 5.85. The minimum atomic E-state index is -4.70. The predicted molar refractivity (Wildman–Crippen MR) is 77.2 cm³/mol. The molecule has 0 fully saturated rings. The van der Waals surface area contributed by atoms with Gasteiger partial charge < -0.3 is 9.47 Å². The fourth-order valence-corrected chi connectivity index (χ4v) is 2.23. The van der Waals surface area contributed by atoms with E-state index in [1.54, 1.807) is 30.3 Å². The monoisotopic (exact) mass is 320 g/mol. The van der Waals surface area contributed by atoms with Crippen LogP contribution in [0.1, 0.15) is 12.0 Å². The molecular formula is C17H11F3O3. The smallest absolute Gasteiger partial charge is 0.426 e. The molecule has 118 valence electrons. The molecule has 3 nitrogen and oxygen atoms in total. The predicted octanol–water partition coefficient (Wildman–Crippen LogP) is 4.54. The molecule has 0 aliphatic carbocycles. The van der Waals surface area contributed by atoms with E-state index in [0.717, 1.165) is 16.7 Å². The molecule has 0 atom stereocenters. The molecule has 2 aromatic carbocycles. The van der Waals surface area contributed by atoms with Gasteiger partial charge in [0, 0.05) is 5.56 Å². The van der Waals surface area contributed by atoms with Gasteiger partial charge in [-0.25, -0.2) is 0 Å². The molecule has 2 aromatic rings. The molecule has 1 aliphatic rings. The summed E-state index contributed by atoms with van der Waals surface area (Å²) in [6.45, 7) is 0. The van der Waals surface area contributed by atoms with Crippen molar-refractivity contribution in [1.29, 1.82) is 0 Å². The molecule has 0 saturated heterocycles. The maximum absolute atomic E-state index is 12.1. The van der Waals surface area contributed by atoms with E-state index in [1.807, 2.05) is 12.1 Å². The molecule has 1 aliphatic heterocycles. The van der Waals surface area contributed by atoms with Crippen LogP contribution in [0, 0.1) is 0 Å². The second-order valence-electron chi connectivity index (χ2n) is 4.90. The van der Waals surface area contributed by atoms with Gasteiger partial charge in [0.2, 0.25) is 0 Å². The van der Waals surface area contributed by atoms with Crippen molar-refractivity contribution >= 4 is 11.7 Å². The van der Waals surface area contributed by atoms with Gasteiger partial charge in [0.25, 0.3) is 0 Å². The summed E-state index contributed by atoms with van der Waals surface area (Å²) in [5, 5.41) is 0. The minimum Gasteiger partial charge on any atom is -0.426 e. The highest BCUT2D eigenvalue weighted by Gasteiger charge is 2.30. The number of carbonyl (C=O) groups excluding carboxylic acids is 1. The third kappa shape index (κ3) is 3.71. The summed E-state index contributed by atoms with van der Waals surface area (Å²) in [5.41, 5.74) is 2.36. The number of carbonyl (C=O) groups is 1. The van der Waals surface area contributed by atoms with Crippen molar-refractivity contribution in [3.8, 4) is 16.9 Å². The SMILES string of the molecule is O=C1CC=C(c2ccc(-c3ccc(OC(F)(F)F)cc3)cc2)O1. The zero-order chi connectivity index (χ0) is 16.4. The fraction of sp³-hybridized carbons (Fsp3) is 0.118. The van der Waals surface area contributed by atoms with Crippen LogP contribution in [0.2, 0.25) is 0 Å². The molecule has 0 radical (unpaired) electrons. The average molecular weight is 320 g/mol. The van der Waals surface area contributed by atoms with Crippen LogP contribution in [0.3, 0.4) is 0 Å². The van der Waals surface area contributed by atoms with Crippen LogP contribution < -0.4 is 4.74 Å². The lowest BCUT2D eigenvalue weighted by molar-refractivity contribution is -0.274. The van der Waals surface area contributed by atoms with Crippen molar-refractivity contribution in [3.63, 3.8) is 0 Å². The highest BCUT2D eigenvalue weighted by Crippen LogP contribution is 2.28. The Morgan fingerprint density at radius 2 is 1.39 bits per heavy atom. The average Bonchev–Trinajstić information content (AvgIpc) is 2.93. The van der Waals surface area contributed by atoms with Gasteiger partial charge in [-0.2, -0.15) is 0 Å². The number of cyclic esters (lactones) is 1. The number of hydrogen-bond acceptors (Lipinski definition) is 3. The Hall–Kier alpha value is -2.76. The Morgan fingerprint density at radius 1 is 0.870 bits per heavy atom. The first-order chi connectivity index (χ1) is 10.9. The van der Waals surface area contributed by atoms with Gasteiger partial charge in [-0.15, -0.1) is 13.2 Å². The van der Waals surface area contributed by atoms with Crippen molar-refractivity contribution in [2.75, 3.05) is 0 Å². The molecule has 6 heteroatoms. The zero-order valence-corrected chi connectivity index (χ0v) is 11.8. The maximum Gasteiger partial charge on any atom is 0.573 e. The van der Waals surface area contributed by atoms with Crippen molar-refractivity contribution in [1.82, 2.24) is 0 Å². The zero-order valence-electron chi connectivity index (χ0n) is 11.8. The standard InChI is InChI=1S/C17H11F3O3/c18-17(19,20)23-14-7-5-12(6-8-14)11-1-3-13(4-2-11)15-9-10-16(21)22-15/h1-9H,10H2. The van der Waals surface area contributed by atoms with E-state index in [9.17, 15) is 18.0 Å². The Labute approximate surface area is 130 Å². The van der Waals surface area contributed by atoms with E-state index in [0.29, 0.717) is 5.76 Å². The molecule has 0 unspecified atom stereocenters. The summed E-state index contributed by atoms with van der Waals surface area (Å²) >= 11 is 0. The molecule has 0 bridgehead atoms. The number of alkyl halides is 3. The van der Waals surface area contributed by atoms with Crippen LogP contribution in [-0.2, 0) is 9.53 Å². The van der Waals surface area contributed by atoms with Crippen LogP contribution in [-0.4, -0.2) is 12.3 Å². The van der Waals surface area contributed by atoms with E-state index >= 15 is 0 Å². The number of ether oxygens (including phenoxy) is 2. The summed E-state index contributed by atoms with van der Waals surface area (Å²) in [5.74, 6) is -0.0271. The van der Waals surface area contributed by atoms with Crippen LogP contribution in [0.25, 0.3) is 16.9 Å². The topological polar surface area (TPSA) is 35.5 Å². The minimum absolute atomic E-state index is 0.262. The number of esters is 1. The molecular weight excluding hydrogens is 309 g/mol. The molecule has 0 spiro atoms. The van der Waals surface area contributed by atoms with Gasteiger partial charge in [-0.1, -0.05) is 36.4 Å². The molecule has 23 heavy (non-hydrogen) atoms. The van der Waals surface area contributed by atoms with Crippen molar-refractivity contribution in [3.05, 3.63) is 60.2 Å². The van der Waals surface area contributed by atoms with Crippen molar-refractivity contribution in [2.45, 2.75) is 12.8 Å². The normalized spacial score (nSPS) is 14.4. The Morgan fingerprint density at radius 3 is 1.87 bits per heavy atom. The first-order valence-electron chi connectivity index (χ1n) is 6.78. The lowest BCUT2D eigenvalue weighted by Gasteiger charge is -2.09. The lowest BCUT2D eigenvalue weighted by Crippen LogP contribution is -2.16. The van der Waals surface area contributed by atoms with Crippen LogP contribution in [0.4, 0.5) is 13.2 Å². The summed E-state index contributed by atoms with van der Waals surface area (Å²) in [6, 6.07) is 12.8. The molecule has 3 rings (SSSR count). The first-order valence-corrected chi connectivity index (χ1v) is 6.78. The third-order valence-electron chi connectivity index (χ3n) is 3.27. The van der Waals surface area contributed by atoms with E-state index in [1.165, 1.54) is 12.1 Å². The van der Waals surface area contributed by atoms with Gasteiger partial charge in [-0.3, -0.25) is 4.79 Å². The number of hydrogen-bond donors (Lipinski definition) is 0. The van der Waals surface area contributed by atoms with Crippen LogP contribution in [0.15, 0.2) is 54.6 Å². The van der Waals surface area contributed by atoms with Crippen molar-refractivity contribution in [2.24, 2.45) is 0 Å². The molecule has 0 aromatic heterocycles. The fourth-order valence-electron chi connectivity index (χ4n) is 2.23. The molecule has 0 saturated carbocycles. The highest BCUT2D eigenvalue weighted by atomic mass is 19.4. The van der Waals surface area contributed by atoms with E-state index in [-0.39, 0.29) is 18.1 Å². The largest absolute Gasteiger partial charge is 0.573 e. The van der Waals surface area contributed by atoms with Crippen molar-refractivity contribution < 1.29 is 27.4 Å². The summed E-state index contributed by atoms with van der Waals surface area (Å²) < 4.78 is 45.3. The van der Waals surface area contributed by atoms with Gasteiger partial charge >= 0.3 is 12.3 Å². The van der Waals surface area contributed by atoms with E-state index < -0.39 is 6.36 Å². The Kier molecular flexibility index (Phi) is 3.82. The molecule has 1 heterocycles.